The van der Waals surface area contributed by atoms with E-state index in [2.05, 4.69) is 9.88 Å². The predicted octanol–water partition coefficient (Wildman–Crippen LogP) is 3.74. The Morgan fingerprint density at radius 2 is 2.09 bits per heavy atom. The van der Waals surface area contributed by atoms with E-state index in [1.807, 2.05) is 24.7 Å². The molecule has 0 saturated carbocycles. The number of benzene rings is 1. The summed E-state index contributed by atoms with van der Waals surface area (Å²) in [6.07, 6.45) is -1.29. The number of hydrogen-bond acceptors (Lipinski definition) is 2. The quantitative estimate of drug-likeness (QED) is 0.858. The van der Waals surface area contributed by atoms with E-state index in [-0.39, 0.29) is 0 Å². The van der Waals surface area contributed by atoms with E-state index in [1.165, 1.54) is 12.1 Å². The largest absolute Gasteiger partial charge is 0.416 e. The first-order valence-corrected chi connectivity index (χ1v) is 7.71. The van der Waals surface area contributed by atoms with Gasteiger partial charge in [0.1, 0.15) is 5.82 Å². The molecule has 3 rings (SSSR count). The van der Waals surface area contributed by atoms with Crippen molar-refractivity contribution in [2.24, 2.45) is 7.05 Å². The fourth-order valence-corrected chi connectivity index (χ4v) is 3.31. The van der Waals surface area contributed by atoms with Crippen LogP contribution in [0.25, 0.3) is 0 Å². The van der Waals surface area contributed by atoms with E-state index in [1.54, 1.807) is 6.07 Å². The van der Waals surface area contributed by atoms with Gasteiger partial charge in [0.2, 0.25) is 0 Å². The maximum atomic E-state index is 12.8. The molecule has 0 unspecified atom stereocenters. The molecule has 1 aliphatic heterocycles. The number of likely N-dealkylation sites (tertiary alicyclic amines) is 1. The van der Waals surface area contributed by atoms with Crippen molar-refractivity contribution >= 4 is 0 Å². The maximum absolute atomic E-state index is 12.8. The molecule has 1 aliphatic rings. The highest BCUT2D eigenvalue weighted by atomic mass is 19.4. The highest BCUT2D eigenvalue weighted by Gasteiger charge is 2.31. The molecule has 0 amide bonds. The Morgan fingerprint density at radius 3 is 2.74 bits per heavy atom. The highest BCUT2D eigenvalue weighted by Crippen LogP contribution is 2.31. The molecule has 3 nitrogen and oxygen atoms in total. The van der Waals surface area contributed by atoms with Crippen molar-refractivity contribution in [3.63, 3.8) is 0 Å². The lowest BCUT2D eigenvalue weighted by Gasteiger charge is -2.17. The molecular formula is C17H20F3N3. The van der Waals surface area contributed by atoms with Crippen LogP contribution in [0, 0.1) is 6.92 Å². The summed E-state index contributed by atoms with van der Waals surface area (Å²) in [6, 6.07) is 5.60. The van der Waals surface area contributed by atoms with Gasteiger partial charge in [-0.15, -0.1) is 0 Å². The van der Waals surface area contributed by atoms with Gasteiger partial charge in [0.05, 0.1) is 11.3 Å². The Hall–Kier alpha value is -1.82. The Morgan fingerprint density at radius 1 is 1.30 bits per heavy atom. The molecule has 0 bridgehead atoms. The number of nitrogens with zero attached hydrogens (tertiary/aromatic N) is 3. The van der Waals surface area contributed by atoms with Crippen LogP contribution in [0.4, 0.5) is 13.2 Å². The molecule has 0 aliphatic carbocycles. The molecule has 6 heteroatoms. The van der Waals surface area contributed by atoms with Crippen LogP contribution >= 0.6 is 0 Å². The summed E-state index contributed by atoms with van der Waals surface area (Å²) < 4.78 is 40.4. The van der Waals surface area contributed by atoms with Gasteiger partial charge in [-0.25, -0.2) is 4.98 Å². The van der Waals surface area contributed by atoms with E-state index in [9.17, 15) is 13.2 Å². The fraction of sp³-hybridized carbons (Fsp3) is 0.471. The summed E-state index contributed by atoms with van der Waals surface area (Å²) in [5.41, 5.74) is 1.13. The van der Waals surface area contributed by atoms with Crippen LogP contribution in [0.3, 0.4) is 0 Å². The van der Waals surface area contributed by atoms with Gasteiger partial charge >= 0.3 is 6.18 Å². The minimum atomic E-state index is -4.28. The monoisotopic (exact) mass is 323 g/mol. The Balaban J connectivity index is 1.68. The third-order valence-electron chi connectivity index (χ3n) is 4.33. The summed E-state index contributed by atoms with van der Waals surface area (Å²) >= 11 is 0. The van der Waals surface area contributed by atoms with Crippen LogP contribution in [0.2, 0.25) is 0 Å². The van der Waals surface area contributed by atoms with Crippen molar-refractivity contribution in [2.45, 2.75) is 32.0 Å². The van der Waals surface area contributed by atoms with Crippen LogP contribution in [-0.2, 0) is 19.8 Å². The number of halogens is 3. The van der Waals surface area contributed by atoms with Gasteiger partial charge in [-0.3, -0.25) is 4.90 Å². The number of aryl methyl sites for hydroxylation is 2. The molecule has 0 radical (unpaired) electrons. The summed E-state index contributed by atoms with van der Waals surface area (Å²) in [7, 11) is 1.99. The van der Waals surface area contributed by atoms with Gasteiger partial charge in [-0.05, 0) is 31.5 Å². The van der Waals surface area contributed by atoms with Gasteiger partial charge in [0.15, 0.2) is 0 Å². The van der Waals surface area contributed by atoms with Crippen molar-refractivity contribution in [1.82, 2.24) is 14.5 Å². The SMILES string of the molecule is Cc1cn(C)c([C@@H]2CCN(Cc3cccc(C(F)(F)F)c3)C2)n1. The molecule has 0 N–H and O–H groups in total. The van der Waals surface area contributed by atoms with Crippen LogP contribution < -0.4 is 0 Å². The van der Waals surface area contributed by atoms with Gasteiger partial charge in [0, 0.05) is 32.3 Å². The van der Waals surface area contributed by atoms with Crippen molar-refractivity contribution in [3.05, 3.63) is 53.1 Å². The highest BCUT2D eigenvalue weighted by molar-refractivity contribution is 5.25. The average Bonchev–Trinajstić information content (AvgIpc) is 3.04. The molecule has 1 aromatic carbocycles. The average molecular weight is 323 g/mol. The van der Waals surface area contributed by atoms with Crippen molar-refractivity contribution < 1.29 is 13.2 Å². The van der Waals surface area contributed by atoms with Crippen molar-refractivity contribution in [1.29, 1.82) is 0 Å². The number of hydrogen-bond donors (Lipinski definition) is 0. The smallest absolute Gasteiger partial charge is 0.337 e. The lowest BCUT2D eigenvalue weighted by Crippen LogP contribution is -2.20. The number of alkyl halides is 3. The molecule has 23 heavy (non-hydrogen) atoms. The van der Waals surface area contributed by atoms with Crippen LogP contribution in [0.1, 0.15) is 35.0 Å². The summed E-state index contributed by atoms with van der Waals surface area (Å²) in [6.45, 7) is 4.23. The normalized spacial score (nSPS) is 19.4. The van der Waals surface area contributed by atoms with E-state index < -0.39 is 11.7 Å². The van der Waals surface area contributed by atoms with Crippen LogP contribution in [-0.4, -0.2) is 27.5 Å². The molecule has 2 heterocycles. The zero-order valence-corrected chi connectivity index (χ0v) is 13.3. The molecule has 1 fully saturated rings. The zero-order valence-electron chi connectivity index (χ0n) is 13.3. The molecule has 1 aromatic heterocycles. The maximum Gasteiger partial charge on any atom is 0.416 e. The lowest BCUT2D eigenvalue weighted by molar-refractivity contribution is -0.137. The van der Waals surface area contributed by atoms with E-state index >= 15 is 0 Å². The first-order chi connectivity index (χ1) is 10.8. The Labute approximate surface area is 133 Å². The topological polar surface area (TPSA) is 21.1 Å². The molecule has 2 aromatic rings. The number of rotatable bonds is 3. The number of imidazole rings is 1. The number of aromatic nitrogens is 2. The Kier molecular flexibility index (Phi) is 4.19. The Bertz CT molecular complexity index is 691. The third-order valence-corrected chi connectivity index (χ3v) is 4.33. The van der Waals surface area contributed by atoms with Crippen molar-refractivity contribution in [2.75, 3.05) is 13.1 Å². The summed E-state index contributed by atoms with van der Waals surface area (Å²) in [5, 5.41) is 0. The molecular weight excluding hydrogens is 303 g/mol. The lowest BCUT2D eigenvalue weighted by atomic mass is 10.1. The van der Waals surface area contributed by atoms with Gasteiger partial charge in [-0.1, -0.05) is 18.2 Å². The molecule has 1 saturated heterocycles. The van der Waals surface area contributed by atoms with E-state index in [4.69, 9.17) is 0 Å². The second kappa shape index (κ2) is 6.00. The molecule has 0 spiro atoms. The minimum Gasteiger partial charge on any atom is -0.337 e. The zero-order chi connectivity index (χ0) is 16.6. The summed E-state index contributed by atoms with van der Waals surface area (Å²) in [5.74, 6) is 1.41. The first-order valence-electron chi connectivity index (χ1n) is 7.71. The van der Waals surface area contributed by atoms with Gasteiger partial charge in [0.25, 0.3) is 0 Å². The first kappa shape index (κ1) is 16.1. The molecule has 124 valence electrons. The molecule has 1 atom stereocenters. The minimum absolute atomic E-state index is 0.347. The predicted molar refractivity (Wildman–Crippen MR) is 82.0 cm³/mol. The van der Waals surface area contributed by atoms with Crippen molar-refractivity contribution in [3.8, 4) is 0 Å². The van der Waals surface area contributed by atoms with Crippen LogP contribution in [0.15, 0.2) is 30.5 Å². The van der Waals surface area contributed by atoms with Gasteiger partial charge in [-0.2, -0.15) is 13.2 Å². The van der Waals surface area contributed by atoms with Crippen LogP contribution in [0.5, 0.6) is 0 Å². The van der Waals surface area contributed by atoms with E-state index in [0.29, 0.717) is 18.0 Å². The van der Waals surface area contributed by atoms with E-state index in [0.717, 1.165) is 37.1 Å². The second-order valence-corrected chi connectivity index (χ2v) is 6.27. The summed E-state index contributed by atoms with van der Waals surface area (Å²) in [4.78, 5) is 6.77. The second-order valence-electron chi connectivity index (χ2n) is 6.27. The third kappa shape index (κ3) is 3.58. The fourth-order valence-electron chi connectivity index (χ4n) is 3.31. The van der Waals surface area contributed by atoms with Gasteiger partial charge < -0.3 is 4.57 Å². The standard InChI is InChI=1S/C17H20F3N3/c1-12-9-22(2)16(21-12)14-6-7-23(11-14)10-13-4-3-5-15(8-13)17(18,19)20/h3-5,8-9,14H,6-7,10-11H2,1-2H3/t14-/m1/s1.